The van der Waals surface area contributed by atoms with Gasteiger partial charge in [0.15, 0.2) is 0 Å². The first-order valence-electron chi connectivity index (χ1n) is 14.4. The summed E-state index contributed by atoms with van der Waals surface area (Å²) in [7, 11) is 5.52. The molecule has 3 amide bonds. The van der Waals surface area contributed by atoms with E-state index >= 15 is 0 Å². The highest BCUT2D eigenvalue weighted by Gasteiger charge is 2.41. The van der Waals surface area contributed by atoms with E-state index in [1.165, 1.54) is 19.3 Å². The maximum Gasteiger partial charge on any atom is 0.245 e. The summed E-state index contributed by atoms with van der Waals surface area (Å²) in [4.78, 5) is 42.8. The fourth-order valence-electron chi connectivity index (χ4n) is 5.62. The van der Waals surface area contributed by atoms with Crippen molar-refractivity contribution in [3.8, 4) is 0 Å². The molecule has 2 unspecified atom stereocenters. The fourth-order valence-corrected chi connectivity index (χ4v) is 5.62. The monoisotopic (exact) mass is 523 g/mol. The number of piperidine rings is 2. The van der Waals surface area contributed by atoms with Crippen LogP contribution in [0.2, 0.25) is 0 Å². The van der Waals surface area contributed by atoms with Gasteiger partial charge in [0.2, 0.25) is 18.2 Å². The van der Waals surface area contributed by atoms with E-state index in [2.05, 4.69) is 68.9 Å². The van der Waals surface area contributed by atoms with Gasteiger partial charge in [0, 0.05) is 32.2 Å². The smallest absolute Gasteiger partial charge is 0.245 e. The van der Waals surface area contributed by atoms with E-state index in [1.807, 2.05) is 19.0 Å². The molecule has 8 heteroatoms. The van der Waals surface area contributed by atoms with Crippen molar-refractivity contribution in [2.45, 2.75) is 117 Å². The van der Waals surface area contributed by atoms with Crippen LogP contribution in [0.5, 0.6) is 0 Å². The van der Waals surface area contributed by atoms with Gasteiger partial charge in [-0.2, -0.15) is 0 Å². The molecule has 0 aliphatic carbocycles. The van der Waals surface area contributed by atoms with Crippen molar-refractivity contribution in [1.82, 2.24) is 25.3 Å². The Bertz CT molecular complexity index is 723. The van der Waals surface area contributed by atoms with Gasteiger partial charge in [-0.15, -0.1) is 0 Å². The molecule has 2 rings (SSSR count). The Morgan fingerprint density at radius 2 is 1.73 bits per heavy atom. The molecule has 0 aromatic carbocycles. The molecule has 0 saturated carbocycles. The van der Waals surface area contributed by atoms with Crippen LogP contribution in [0.25, 0.3) is 0 Å². The number of likely N-dealkylation sites (N-methyl/N-ethyl adjacent to an activating group) is 2. The van der Waals surface area contributed by atoms with E-state index in [9.17, 15) is 9.59 Å². The molecule has 0 aromatic rings. The van der Waals surface area contributed by atoms with Gasteiger partial charge in [-0.05, 0) is 70.5 Å². The first-order valence-corrected chi connectivity index (χ1v) is 14.4. The topological polar surface area (TPSA) is 85.0 Å². The lowest BCUT2D eigenvalue weighted by atomic mass is 9.83. The van der Waals surface area contributed by atoms with Gasteiger partial charge in [-0.3, -0.25) is 24.2 Å². The number of carbonyl (C=O) groups excluding carboxylic acids is 3. The standard InChI is InChI=1S/C27H52N4O2.C2H5NO/c1-10-27(7)16-12-14-18-31(27)19-22(20(2)3)30(9)25(33)23(26(4,5)6)28-24(32)21-15-11-13-17-29(21)8;1-3-2-4/h20-23H,10-19H2,1-9H3,(H,28,32);2H,1H3,(H,3,4)/t21?,22-,23?,27-;/m1./s1. The van der Waals surface area contributed by atoms with Gasteiger partial charge in [0.05, 0.1) is 6.04 Å². The van der Waals surface area contributed by atoms with Gasteiger partial charge in [-0.1, -0.05) is 54.4 Å². The van der Waals surface area contributed by atoms with Crippen LogP contribution in [-0.2, 0) is 14.4 Å². The predicted octanol–water partition coefficient (Wildman–Crippen LogP) is 3.50. The highest BCUT2D eigenvalue weighted by molar-refractivity contribution is 5.90. The van der Waals surface area contributed by atoms with Crippen molar-refractivity contribution in [3.05, 3.63) is 0 Å². The molecule has 2 saturated heterocycles. The number of nitrogens with zero attached hydrogens (tertiary/aromatic N) is 3. The maximum absolute atomic E-state index is 13.9. The Hall–Kier alpha value is -1.67. The van der Waals surface area contributed by atoms with Crippen molar-refractivity contribution >= 4 is 18.2 Å². The van der Waals surface area contributed by atoms with Gasteiger partial charge in [-0.25, -0.2) is 0 Å². The Morgan fingerprint density at radius 3 is 2.22 bits per heavy atom. The van der Waals surface area contributed by atoms with Crippen LogP contribution in [0.4, 0.5) is 0 Å². The summed E-state index contributed by atoms with van der Waals surface area (Å²) in [6, 6.07) is -0.563. The zero-order valence-corrected chi connectivity index (χ0v) is 25.5. The second kappa shape index (κ2) is 15.1. The molecule has 2 heterocycles. The van der Waals surface area contributed by atoms with E-state index in [4.69, 9.17) is 4.79 Å². The number of hydrogen-bond donors (Lipinski definition) is 2. The molecule has 2 fully saturated rings. The number of nitrogens with one attached hydrogen (secondary N) is 2. The molecule has 216 valence electrons. The van der Waals surface area contributed by atoms with Crippen LogP contribution in [0.15, 0.2) is 0 Å². The Kier molecular flexibility index (Phi) is 13.6. The second-order valence-corrected chi connectivity index (χ2v) is 12.7. The quantitative estimate of drug-likeness (QED) is 0.452. The minimum atomic E-state index is -0.537. The van der Waals surface area contributed by atoms with Crippen molar-refractivity contribution < 1.29 is 14.4 Å². The Labute approximate surface area is 227 Å². The molecule has 2 aliphatic heterocycles. The lowest BCUT2D eigenvalue weighted by Crippen LogP contribution is -2.62. The van der Waals surface area contributed by atoms with Crippen LogP contribution in [0, 0.1) is 11.3 Å². The van der Waals surface area contributed by atoms with E-state index in [0.717, 1.165) is 45.3 Å². The average Bonchev–Trinajstić information content (AvgIpc) is 2.85. The molecule has 4 atom stereocenters. The summed E-state index contributed by atoms with van der Waals surface area (Å²) >= 11 is 0. The summed E-state index contributed by atoms with van der Waals surface area (Å²) in [5, 5.41) is 5.43. The van der Waals surface area contributed by atoms with Crippen LogP contribution in [0.1, 0.15) is 93.4 Å². The maximum atomic E-state index is 13.9. The minimum absolute atomic E-state index is 0.00504. The minimum Gasteiger partial charge on any atom is -0.362 e. The van der Waals surface area contributed by atoms with Crippen molar-refractivity contribution in [2.24, 2.45) is 11.3 Å². The summed E-state index contributed by atoms with van der Waals surface area (Å²) in [5.74, 6) is 0.362. The summed E-state index contributed by atoms with van der Waals surface area (Å²) in [6.45, 7) is 18.2. The van der Waals surface area contributed by atoms with Crippen molar-refractivity contribution in [1.29, 1.82) is 0 Å². The van der Waals surface area contributed by atoms with Gasteiger partial charge in [0.25, 0.3) is 0 Å². The zero-order valence-electron chi connectivity index (χ0n) is 25.5. The van der Waals surface area contributed by atoms with Gasteiger partial charge in [0.1, 0.15) is 6.04 Å². The largest absolute Gasteiger partial charge is 0.362 e. The van der Waals surface area contributed by atoms with E-state index in [1.54, 1.807) is 7.05 Å². The lowest BCUT2D eigenvalue weighted by molar-refractivity contribution is -0.143. The summed E-state index contributed by atoms with van der Waals surface area (Å²) in [5.41, 5.74) is -0.155. The normalized spacial score (nSPS) is 24.9. The second-order valence-electron chi connectivity index (χ2n) is 12.7. The third-order valence-corrected chi connectivity index (χ3v) is 8.53. The highest BCUT2D eigenvalue weighted by atomic mass is 16.2. The third-order valence-electron chi connectivity index (χ3n) is 8.53. The summed E-state index contributed by atoms with van der Waals surface area (Å²) < 4.78 is 0. The highest BCUT2D eigenvalue weighted by Crippen LogP contribution is 2.32. The van der Waals surface area contributed by atoms with Crippen molar-refractivity contribution in [3.63, 3.8) is 0 Å². The summed E-state index contributed by atoms with van der Waals surface area (Å²) in [6.07, 6.45) is 8.56. The molecular weight excluding hydrogens is 466 g/mol. The SMILES string of the molecule is CC[C@]1(C)CCCCN1C[C@H](C(C)C)N(C)C(=O)C(NC(=O)C1CCCCN1C)C(C)(C)C.CNC=O. The number of amides is 3. The molecule has 2 aliphatic rings. The predicted molar refractivity (Wildman–Crippen MR) is 152 cm³/mol. The van der Waals surface area contributed by atoms with E-state index in [0.29, 0.717) is 12.3 Å². The van der Waals surface area contributed by atoms with E-state index in [-0.39, 0.29) is 34.9 Å². The van der Waals surface area contributed by atoms with Crippen LogP contribution < -0.4 is 10.6 Å². The molecule has 0 aromatic heterocycles. The number of likely N-dealkylation sites (tertiary alicyclic amines) is 2. The first kappa shape index (κ1) is 33.4. The van der Waals surface area contributed by atoms with Crippen LogP contribution in [0.3, 0.4) is 0 Å². The van der Waals surface area contributed by atoms with E-state index < -0.39 is 6.04 Å². The van der Waals surface area contributed by atoms with Crippen LogP contribution >= 0.6 is 0 Å². The number of carbonyl (C=O) groups is 3. The zero-order chi connectivity index (χ0) is 28.4. The molecule has 0 spiro atoms. The van der Waals surface area contributed by atoms with Crippen LogP contribution in [-0.4, -0.2) is 97.4 Å². The number of rotatable bonds is 9. The molecule has 37 heavy (non-hydrogen) atoms. The van der Waals surface area contributed by atoms with Gasteiger partial charge < -0.3 is 15.5 Å². The van der Waals surface area contributed by atoms with Crippen molar-refractivity contribution in [2.75, 3.05) is 40.8 Å². The first-order chi connectivity index (χ1) is 17.2. The van der Waals surface area contributed by atoms with Gasteiger partial charge >= 0.3 is 0 Å². The molecule has 2 N–H and O–H groups in total. The molecular formula is C29H57N5O3. The number of hydrogen-bond acceptors (Lipinski definition) is 5. The third kappa shape index (κ3) is 9.54. The molecule has 8 nitrogen and oxygen atoms in total. The Morgan fingerprint density at radius 1 is 1.14 bits per heavy atom. The average molecular weight is 524 g/mol. The molecule has 0 bridgehead atoms. The Balaban J connectivity index is 0.00000159. The fraction of sp³-hybridized carbons (Fsp3) is 0.897. The molecule has 0 radical (unpaired) electrons. The lowest BCUT2D eigenvalue weighted by Gasteiger charge is -2.48.